The van der Waals surface area contributed by atoms with Gasteiger partial charge in [0.25, 0.3) is 0 Å². The normalized spacial score (nSPS) is 57.0. The summed E-state index contributed by atoms with van der Waals surface area (Å²) in [5.74, 6) is 0.937. The number of nitrogens with one attached hydrogen (secondary N) is 1. The summed E-state index contributed by atoms with van der Waals surface area (Å²) in [5.41, 5.74) is 0.361. The third-order valence-corrected chi connectivity index (χ3v) is 2.20. The molecule has 1 nitrogen and oxygen atoms in total. The van der Waals surface area contributed by atoms with Crippen LogP contribution in [-0.2, 0) is 0 Å². The highest BCUT2D eigenvalue weighted by atomic mass is 15.1. The minimum atomic E-state index is 0.361. The van der Waals surface area contributed by atoms with E-state index in [0.717, 1.165) is 5.92 Å². The molecule has 0 bridgehead atoms. The SMILES string of the molecule is [CH2]C12CC1CCN2. The van der Waals surface area contributed by atoms with E-state index >= 15 is 0 Å². The average molecular weight is 96.2 g/mol. The molecule has 1 N–H and O–H groups in total. The van der Waals surface area contributed by atoms with Crippen LogP contribution in [-0.4, -0.2) is 12.1 Å². The fourth-order valence-corrected chi connectivity index (χ4v) is 1.47. The Kier molecular flexibility index (Phi) is 0.487. The number of fused-ring (bicyclic) bond motifs is 1. The van der Waals surface area contributed by atoms with Gasteiger partial charge in [-0.2, -0.15) is 0 Å². The van der Waals surface area contributed by atoms with Crippen molar-refractivity contribution in [3.63, 3.8) is 0 Å². The molecule has 1 saturated carbocycles. The van der Waals surface area contributed by atoms with Gasteiger partial charge in [-0.1, -0.05) is 0 Å². The summed E-state index contributed by atoms with van der Waals surface area (Å²) in [7, 11) is 0. The van der Waals surface area contributed by atoms with E-state index in [4.69, 9.17) is 0 Å². The Morgan fingerprint density at radius 1 is 1.71 bits per heavy atom. The molecule has 2 atom stereocenters. The monoisotopic (exact) mass is 96.1 g/mol. The molecule has 1 heteroatoms. The molecule has 7 heavy (non-hydrogen) atoms. The van der Waals surface area contributed by atoms with Crippen LogP contribution in [0.15, 0.2) is 0 Å². The Bertz CT molecular complexity index is 98.4. The zero-order chi connectivity index (χ0) is 4.91. The molecular formula is C6H10N. The fourth-order valence-electron chi connectivity index (χ4n) is 1.47. The molecule has 1 aliphatic carbocycles. The Morgan fingerprint density at radius 3 is 2.71 bits per heavy atom. The van der Waals surface area contributed by atoms with Crippen molar-refractivity contribution in [3.05, 3.63) is 6.92 Å². The van der Waals surface area contributed by atoms with Gasteiger partial charge in [0.1, 0.15) is 0 Å². The Balaban J connectivity index is 2.17. The van der Waals surface area contributed by atoms with Crippen LogP contribution in [0.1, 0.15) is 12.8 Å². The molecule has 2 fully saturated rings. The lowest BCUT2D eigenvalue weighted by Gasteiger charge is -2.00. The molecular weight excluding hydrogens is 86.1 g/mol. The number of piperidine rings is 1. The van der Waals surface area contributed by atoms with Crippen LogP contribution in [0, 0.1) is 12.8 Å². The molecule has 1 saturated heterocycles. The quantitative estimate of drug-likeness (QED) is 0.465. The van der Waals surface area contributed by atoms with Crippen LogP contribution >= 0.6 is 0 Å². The Hall–Kier alpha value is -0.0400. The van der Waals surface area contributed by atoms with Gasteiger partial charge >= 0.3 is 0 Å². The summed E-state index contributed by atoms with van der Waals surface area (Å²) in [4.78, 5) is 0. The van der Waals surface area contributed by atoms with E-state index in [1.165, 1.54) is 19.4 Å². The fraction of sp³-hybridized carbons (Fsp3) is 0.833. The summed E-state index contributed by atoms with van der Waals surface area (Å²) < 4.78 is 0. The predicted octanol–water partition coefficient (Wildman–Crippen LogP) is 0.572. The van der Waals surface area contributed by atoms with Crippen LogP contribution in [0.2, 0.25) is 0 Å². The molecule has 1 heterocycles. The lowest BCUT2D eigenvalue weighted by molar-refractivity contribution is 0.655. The van der Waals surface area contributed by atoms with Crippen molar-refractivity contribution >= 4 is 0 Å². The smallest absolute Gasteiger partial charge is 0.0214 e. The van der Waals surface area contributed by atoms with Crippen molar-refractivity contribution in [1.82, 2.24) is 5.32 Å². The van der Waals surface area contributed by atoms with Crippen LogP contribution in [0.5, 0.6) is 0 Å². The van der Waals surface area contributed by atoms with Crippen molar-refractivity contribution in [2.75, 3.05) is 6.54 Å². The first kappa shape index (κ1) is 3.90. The molecule has 1 radical (unpaired) electrons. The van der Waals surface area contributed by atoms with Gasteiger partial charge in [-0.15, -0.1) is 0 Å². The third-order valence-electron chi connectivity index (χ3n) is 2.20. The number of rotatable bonds is 0. The second-order valence-corrected chi connectivity index (χ2v) is 2.77. The van der Waals surface area contributed by atoms with E-state index in [9.17, 15) is 0 Å². The summed E-state index contributed by atoms with van der Waals surface area (Å²) >= 11 is 0. The molecule has 2 rings (SSSR count). The summed E-state index contributed by atoms with van der Waals surface area (Å²) in [6.07, 6.45) is 2.69. The molecule has 0 aromatic carbocycles. The lowest BCUT2D eigenvalue weighted by Crippen LogP contribution is -2.23. The van der Waals surface area contributed by atoms with E-state index in [0.29, 0.717) is 5.54 Å². The van der Waals surface area contributed by atoms with E-state index < -0.39 is 0 Å². The van der Waals surface area contributed by atoms with Gasteiger partial charge in [-0.3, -0.25) is 0 Å². The maximum atomic E-state index is 4.03. The van der Waals surface area contributed by atoms with E-state index in [-0.39, 0.29) is 0 Å². The van der Waals surface area contributed by atoms with Crippen LogP contribution < -0.4 is 5.32 Å². The van der Waals surface area contributed by atoms with Crippen molar-refractivity contribution < 1.29 is 0 Å². The first-order valence-corrected chi connectivity index (χ1v) is 2.92. The van der Waals surface area contributed by atoms with Gasteiger partial charge in [0.05, 0.1) is 0 Å². The molecule has 0 aromatic rings. The summed E-state index contributed by atoms with van der Waals surface area (Å²) in [6.45, 7) is 5.23. The Labute approximate surface area is 44.1 Å². The number of hydrogen-bond acceptors (Lipinski definition) is 1. The topological polar surface area (TPSA) is 12.0 Å². The zero-order valence-electron chi connectivity index (χ0n) is 4.41. The molecule has 1 aliphatic heterocycles. The molecule has 0 amide bonds. The van der Waals surface area contributed by atoms with Gasteiger partial charge in [-0.25, -0.2) is 0 Å². The molecule has 2 unspecified atom stereocenters. The van der Waals surface area contributed by atoms with Gasteiger partial charge < -0.3 is 5.32 Å². The molecule has 39 valence electrons. The van der Waals surface area contributed by atoms with Gasteiger partial charge in [0.2, 0.25) is 0 Å². The van der Waals surface area contributed by atoms with Crippen LogP contribution in [0.4, 0.5) is 0 Å². The molecule has 2 aliphatic rings. The number of hydrogen-bond donors (Lipinski definition) is 1. The van der Waals surface area contributed by atoms with Crippen LogP contribution in [0.3, 0.4) is 0 Å². The standard InChI is InChI=1S/C6H10N/c1-6-4-5(6)2-3-7-6/h5,7H,1-4H2. The predicted molar refractivity (Wildman–Crippen MR) is 28.8 cm³/mol. The highest BCUT2D eigenvalue weighted by Crippen LogP contribution is 2.48. The largest absolute Gasteiger partial charge is 0.311 e. The highest BCUT2D eigenvalue weighted by molar-refractivity contribution is 5.16. The summed E-state index contributed by atoms with van der Waals surface area (Å²) in [6, 6.07) is 0. The molecule has 0 spiro atoms. The van der Waals surface area contributed by atoms with E-state index in [1.807, 2.05) is 0 Å². The first-order chi connectivity index (χ1) is 3.31. The van der Waals surface area contributed by atoms with E-state index in [2.05, 4.69) is 12.2 Å². The average Bonchev–Trinajstić information content (AvgIpc) is 2.09. The zero-order valence-corrected chi connectivity index (χ0v) is 4.41. The van der Waals surface area contributed by atoms with Gasteiger partial charge in [-0.05, 0) is 32.2 Å². The van der Waals surface area contributed by atoms with Crippen molar-refractivity contribution in [2.24, 2.45) is 5.92 Å². The summed E-state index contributed by atoms with van der Waals surface area (Å²) in [5, 5.41) is 3.36. The molecule has 0 aromatic heterocycles. The van der Waals surface area contributed by atoms with Crippen molar-refractivity contribution in [3.8, 4) is 0 Å². The van der Waals surface area contributed by atoms with Gasteiger partial charge in [0, 0.05) is 5.54 Å². The maximum Gasteiger partial charge on any atom is 0.0214 e. The van der Waals surface area contributed by atoms with Gasteiger partial charge in [0.15, 0.2) is 0 Å². The van der Waals surface area contributed by atoms with E-state index in [1.54, 1.807) is 0 Å². The maximum absolute atomic E-state index is 4.03. The second-order valence-electron chi connectivity index (χ2n) is 2.77. The minimum Gasteiger partial charge on any atom is -0.311 e. The Morgan fingerprint density at radius 2 is 2.57 bits per heavy atom. The minimum absolute atomic E-state index is 0.361. The first-order valence-electron chi connectivity index (χ1n) is 2.92. The lowest BCUT2D eigenvalue weighted by atomic mass is 10.3. The van der Waals surface area contributed by atoms with Crippen molar-refractivity contribution in [2.45, 2.75) is 18.4 Å². The highest BCUT2D eigenvalue weighted by Gasteiger charge is 2.52. The van der Waals surface area contributed by atoms with Crippen LogP contribution in [0.25, 0.3) is 0 Å². The third kappa shape index (κ3) is 0.367. The second kappa shape index (κ2) is 0.873. The van der Waals surface area contributed by atoms with Crippen molar-refractivity contribution in [1.29, 1.82) is 0 Å².